The molecule has 0 amide bonds. The molecule has 0 radical (unpaired) electrons. The van der Waals surface area contributed by atoms with E-state index in [1.54, 1.807) is 0 Å². The monoisotopic (exact) mass is 269 g/mol. The highest BCUT2D eigenvalue weighted by Crippen LogP contribution is 2.32. The second kappa shape index (κ2) is 7.02. The molecule has 2 aliphatic rings. The van der Waals surface area contributed by atoms with Crippen LogP contribution in [0.3, 0.4) is 0 Å². The maximum absolute atomic E-state index is 5.71. The molecule has 2 N–H and O–H groups in total. The summed E-state index contributed by atoms with van der Waals surface area (Å²) in [6.45, 7) is 13.3. The number of piperidine rings is 1. The first kappa shape index (κ1) is 15.2. The summed E-state index contributed by atoms with van der Waals surface area (Å²) >= 11 is 0. The van der Waals surface area contributed by atoms with Gasteiger partial charge in [0.25, 0.3) is 0 Å². The molecule has 112 valence electrons. The fourth-order valence-corrected chi connectivity index (χ4v) is 3.56. The lowest BCUT2D eigenvalue weighted by Gasteiger charge is -2.46. The Morgan fingerprint density at radius 2 is 1.89 bits per heavy atom. The van der Waals surface area contributed by atoms with Crippen LogP contribution >= 0.6 is 0 Å². The van der Waals surface area contributed by atoms with E-state index in [1.165, 1.54) is 38.9 Å². The molecule has 4 heteroatoms. The van der Waals surface area contributed by atoms with Gasteiger partial charge in [0.15, 0.2) is 0 Å². The van der Waals surface area contributed by atoms with E-state index in [-0.39, 0.29) is 0 Å². The minimum absolute atomic E-state index is 0.338. The number of ether oxygens (including phenoxy) is 1. The summed E-state index contributed by atoms with van der Waals surface area (Å²) in [6, 6.07) is 0. The van der Waals surface area contributed by atoms with Crippen molar-refractivity contribution in [1.82, 2.24) is 9.80 Å². The first-order valence-electron chi connectivity index (χ1n) is 7.87. The van der Waals surface area contributed by atoms with Crippen LogP contribution in [0.2, 0.25) is 0 Å². The smallest absolute Gasteiger partial charge is 0.0594 e. The minimum atomic E-state index is 0.338. The Labute approximate surface area is 118 Å². The van der Waals surface area contributed by atoms with E-state index in [0.717, 1.165) is 38.8 Å². The van der Waals surface area contributed by atoms with Crippen LogP contribution in [0.5, 0.6) is 0 Å². The fourth-order valence-electron chi connectivity index (χ4n) is 3.56. The average molecular weight is 269 g/mol. The quantitative estimate of drug-likeness (QED) is 0.813. The van der Waals surface area contributed by atoms with Gasteiger partial charge in [0.2, 0.25) is 0 Å². The number of rotatable bonds is 5. The molecule has 2 heterocycles. The Kier molecular flexibility index (Phi) is 5.63. The minimum Gasteiger partial charge on any atom is -0.379 e. The van der Waals surface area contributed by atoms with E-state index in [0.29, 0.717) is 5.54 Å². The van der Waals surface area contributed by atoms with E-state index in [1.807, 2.05) is 0 Å². The van der Waals surface area contributed by atoms with Crippen molar-refractivity contribution in [2.75, 3.05) is 52.5 Å². The largest absolute Gasteiger partial charge is 0.379 e. The Bertz CT molecular complexity index is 264. The third kappa shape index (κ3) is 4.42. The van der Waals surface area contributed by atoms with E-state index in [9.17, 15) is 0 Å². The van der Waals surface area contributed by atoms with Crippen LogP contribution < -0.4 is 5.73 Å². The molecule has 2 rings (SSSR count). The SMILES string of the molecule is CC1(C)CC(CCN)CCN1CCN1CCOCC1. The first-order valence-corrected chi connectivity index (χ1v) is 7.87. The van der Waals surface area contributed by atoms with Crippen molar-refractivity contribution in [3.63, 3.8) is 0 Å². The van der Waals surface area contributed by atoms with Crippen molar-refractivity contribution in [3.05, 3.63) is 0 Å². The number of likely N-dealkylation sites (tertiary alicyclic amines) is 1. The highest BCUT2D eigenvalue weighted by Gasteiger charge is 2.34. The molecule has 0 aliphatic carbocycles. The summed E-state index contributed by atoms with van der Waals surface area (Å²) < 4.78 is 5.41. The van der Waals surface area contributed by atoms with Gasteiger partial charge in [-0.25, -0.2) is 0 Å². The van der Waals surface area contributed by atoms with E-state index in [2.05, 4.69) is 23.6 Å². The maximum Gasteiger partial charge on any atom is 0.0594 e. The third-order valence-electron chi connectivity index (χ3n) is 4.82. The summed E-state index contributed by atoms with van der Waals surface area (Å²) in [5.74, 6) is 0.833. The molecule has 0 aromatic heterocycles. The summed E-state index contributed by atoms with van der Waals surface area (Å²) in [5, 5.41) is 0. The van der Waals surface area contributed by atoms with Gasteiger partial charge in [0, 0.05) is 31.7 Å². The molecule has 1 unspecified atom stereocenters. The highest BCUT2D eigenvalue weighted by atomic mass is 16.5. The molecule has 19 heavy (non-hydrogen) atoms. The second-order valence-electron chi connectivity index (χ2n) is 6.69. The standard InChI is InChI=1S/C15H31N3O/c1-15(2)13-14(3-5-16)4-6-18(15)8-7-17-9-11-19-12-10-17/h14H,3-13,16H2,1-2H3. The molecule has 0 aromatic carbocycles. The third-order valence-corrected chi connectivity index (χ3v) is 4.82. The van der Waals surface area contributed by atoms with Gasteiger partial charge in [0.1, 0.15) is 0 Å². The van der Waals surface area contributed by atoms with Crippen LogP contribution in [0.1, 0.15) is 33.1 Å². The molecule has 2 aliphatic heterocycles. The van der Waals surface area contributed by atoms with Gasteiger partial charge in [-0.05, 0) is 52.1 Å². The summed E-state index contributed by atoms with van der Waals surface area (Å²) in [4.78, 5) is 5.21. The van der Waals surface area contributed by atoms with Crippen LogP contribution in [0.25, 0.3) is 0 Å². The number of nitrogens with zero attached hydrogens (tertiary/aromatic N) is 2. The van der Waals surface area contributed by atoms with E-state index < -0.39 is 0 Å². The second-order valence-corrected chi connectivity index (χ2v) is 6.69. The molecule has 0 aromatic rings. The van der Waals surface area contributed by atoms with Gasteiger partial charge in [0.05, 0.1) is 13.2 Å². The Balaban J connectivity index is 1.76. The number of hydrogen-bond donors (Lipinski definition) is 1. The number of hydrogen-bond acceptors (Lipinski definition) is 4. The van der Waals surface area contributed by atoms with Crippen molar-refractivity contribution in [2.45, 2.75) is 38.6 Å². The van der Waals surface area contributed by atoms with Crippen LogP contribution in [0.15, 0.2) is 0 Å². The first-order chi connectivity index (χ1) is 9.12. The molecular formula is C15H31N3O. The fraction of sp³-hybridized carbons (Fsp3) is 1.00. The van der Waals surface area contributed by atoms with Crippen LogP contribution in [-0.2, 0) is 4.74 Å². The van der Waals surface area contributed by atoms with E-state index >= 15 is 0 Å². The molecule has 0 spiro atoms. The van der Waals surface area contributed by atoms with Crippen molar-refractivity contribution in [3.8, 4) is 0 Å². The zero-order valence-electron chi connectivity index (χ0n) is 12.7. The lowest BCUT2D eigenvalue weighted by Crippen LogP contribution is -2.53. The average Bonchev–Trinajstić information content (AvgIpc) is 2.38. The van der Waals surface area contributed by atoms with Crippen LogP contribution in [0, 0.1) is 5.92 Å². The molecular weight excluding hydrogens is 238 g/mol. The van der Waals surface area contributed by atoms with Crippen LogP contribution in [-0.4, -0.2) is 67.8 Å². The Morgan fingerprint density at radius 1 is 1.16 bits per heavy atom. The van der Waals surface area contributed by atoms with Crippen molar-refractivity contribution >= 4 is 0 Å². The summed E-state index contributed by atoms with van der Waals surface area (Å²) in [7, 11) is 0. The zero-order chi connectivity index (χ0) is 13.7. The molecule has 0 bridgehead atoms. The summed E-state index contributed by atoms with van der Waals surface area (Å²) in [6.07, 6.45) is 3.82. The Morgan fingerprint density at radius 3 is 2.53 bits per heavy atom. The predicted molar refractivity (Wildman–Crippen MR) is 79.3 cm³/mol. The van der Waals surface area contributed by atoms with Gasteiger partial charge in [-0.2, -0.15) is 0 Å². The van der Waals surface area contributed by atoms with Gasteiger partial charge in [-0.3, -0.25) is 9.80 Å². The van der Waals surface area contributed by atoms with Gasteiger partial charge < -0.3 is 10.5 Å². The normalized spacial score (nSPS) is 29.5. The zero-order valence-corrected chi connectivity index (χ0v) is 12.7. The van der Waals surface area contributed by atoms with Crippen molar-refractivity contribution < 1.29 is 4.74 Å². The predicted octanol–water partition coefficient (Wildman–Crippen LogP) is 1.16. The topological polar surface area (TPSA) is 41.7 Å². The molecule has 4 nitrogen and oxygen atoms in total. The number of morpholine rings is 1. The van der Waals surface area contributed by atoms with Gasteiger partial charge in [-0.15, -0.1) is 0 Å². The lowest BCUT2D eigenvalue weighted by atomic mass is 9.81. The highest BCUT2D eigenvalue weighted by molar-refractivity contribution is 4.89. The van der Waals surface area contributed by atoms with E-state index in [4.69, 9.17) is 10.5 Å². The summed E-state index contributed by atoms with van der Waals surface area (Å²) in [5.41, 5.74) is 6.04. The van der Waals surface area contributed by atoms with Crippen molar-refractivity contribution in [1.29, 1.82) is 0 Å². The maximum atomic E-state index is 5.71. The molecule has 2 fully saturated rings. The molecule has 1 atom stereocenters. The van der Waals surface area contributed by atoms with Gasteiger partial charge in [-0.1, -0.05) is 0 Å². The Hall–Kier alpha value is -0.160. The van der Waals surface area contributed by atoms with Crippen LogP contribution in [0.4, 0.5) is 0 Å². The molecule has 0 saturated carbocycles. The number of nitrogens with two attached hydrogens (primary N) is 1. The van der Waals surface area contributed by atoms with Gasteiger partial charge >= 0.3 is 0 Å². The lowest BCUT2D eigenvalue weighted by molar-refractivity contribution is 0.00891. The molecule has 2 saturated heterocycles. The van der Waals surface area contributed by atoms with Crippen molar-refractivity contribution in [2.24, 2.45) is 11.7 Å².